The summed E-state index contributed by atoms with van der Waals surface area (Å²) < 4.78 is 9.18. The number of amides is 3. The fourth-order valence-corrected chi connectivity index (χ4v) is 2.41. The molecule has 0 saturated heterocycles. The van der Waals surface area contributed by atoms with Gasteiger partial charge < -0.3 is 25.4 Å². The molecular formula is C19H27N3O6. The van der Waals surface area contributed by atoms with Gasteiger partial charge in [0.2, 0.25) is 5.91 Å². The van der Waals surface area contributed by atoms with Crippen molar-refractivity contribution in [1.82, 2.24) is 16.0 Å². The molecule has 1 unspecified atom stereocenters. The van der Waals surface area contributed by atoms with Gasteiger partial charge >= 0.3 is 12.2 Å². The van der Waals surface area contributed by atoms with Crippen molar-refractivity contribution in [3.8, 4) is 0 Å². The number of nitrogens with one attached hydrogen (secondary N) is 3. The summed E-state index contributed by atoms with van der Waals surface area (Å²) in [5.41, 5.74) is 0.810. The molecule has 0 saturated carbocycles. The van der Waals surface area contributed by atoms with Crippen LogP contribution in [0, 0.1) is 0 Å². The molecule has 0 radical (unpaired) electrons. The van der Waals surface area contributed by atoms with Crippen molar-refractivity contribution in [2.75, 3.05) is 33.4 Å². The monoisotopic (exact) mass is 393 g/mol. The summed E-state index contributed by atoms with van der Waals surface area (Å²) in [6.07, 6.45) is -0.751. The van der Waals surface area contributed by atoms with Gasteiger partial charge in [-0.05, 0) is 18.9 Å². The van der Waals surface area contributed by atoms with E-state index < -0.39 is 18.1 Å². The van der Waals surface area contributed by atoms with Crippen LogP contribution in [-0.4, -0.2) is 57.2 Å². The molecule has 1 atom stereocenters. The Morgan fingerprint density at radius 1 is 0.964 bits per heavy atom. The Bertz CT molecular complexity index is 650. The Labute approximate surface area is 164 Å². The number of hydrogen-bond donors (Lipinski definition) is 3. The molecular weight excluding hydrogens is 366 g/mol. The molecule has 154 valence electrons. The topological polar surface area (TPSA) is 123 Å². The van der Waals surface area contributed by atoms with E-state index in [2.05, 4.69) is 20.7 Å². The quantitative estimate of drug-likeness (QED) is 0.521. The second kappa shape index (κ2) is 13.1. The molecule has 3 amide bonds. The molecule has 0 spiro atoms. The van der Waals surface area contributed by atoms with Crippen LogP contribution in [0.3, 0.4) is 0 Å². The molecule has 28 heavy (non-hydrogen) atoms. The normalized spacial score (nSPS) is 11.1. The zero-order valence-electron chi connectivity index (χ0n) is 16.2. The van der Waals surface area contributed by atoms with Gasteiger partial charge in [0, 0.05) is 19.5 Å². The lowest BCUT2D eigenvalue weighted by Crippen LogP contribution is -2.35. The minimum atomic E-state index is -0.685. The molecule has 9 heteroatoms. The summed E-state index contributed by atoms with van der Waals surface area (Å²) in [7, 11) is 1.21. The van der Waals surface area contributed by atoms with Crippen LogP contribution in [0.25, 0.3) is 0 Å². The lowest BCUT2D eigenvalue weighted by atomic mass is 9.94. The first-order valence-corrected chi connectivity index (χ1v) is 9.04. The lowest BCUT2D eigenvalue weighted by Gasteiger charge is -2.17. The molecule has 1 aromatic rings. The number of carbonyl (C=O) groups excluding carboxylic acids is 4. The van der Waals surface area contributed by atoms with E-state index in [1.165, 1.54) is 7.11 Å². The Morgan fingerprint density at radius 3 is 2.32 bits per heavy atom. The summed E-state index contributed by atoms with van der Waals surface area (Å²) in [5, 5.41) is 7.62. The van der Waals surface area contributed by atoms with Gasteiger partial charge in [-0.25, -0.2) is 9.59 Å². The maximum absolute atomic E-state index is 12.6. The maximum atomic E-state index is 12.6. The van der Waals surface area contributed by atoms with Crippen LogP contribution in [0.2, 0.25) is 0 Å². The summed E-state index contributed by atoms with van der Waals surface area (Å²) in [6, 6.07) is 9.18. The molecule has 3 N–H and O–H groups in total. The maximum Gasteiger partial charge on any atom is 0.407 e. The minimum absolute atomic E-state index is 0.0817. The Balaban J connectivity index is 2.52. The summed E-state index contributed by atoms with van der Waals surface area (Å²) in [6.45, 7) is 2.24. The van der Waals surface area contributed by atoms with E-state index in [0.717, 1.165) is 5.56 Å². The van der Waals surface area contributed by atoms with E-state index in [-0.39, 0.29) is 44.4 Å². The average Bonchev–Trinajstić information content (AvgIpc) is 2.70. The second-order valence-corrected chi connectivity index (χ2v) is 5.82. The van der Waals surface area contributed by atoms with Gasteiger partial charge in [-0.2, -0.15) is 0 Å². The zero-order chi connectivity index (χ0) is 20.8. The highest BCUT2D eigenvalue weighted by Gasteiger charge is 2.20. The van der Waals surface area contributed by atoms with Crippen LogP contribution in [-0.2, 0) is 19.1 Å². The van der Waals surface area contributed by atoms with E-state index in [1.54, 1.807) is 6.92 Å². The van der Waals surface area contributed by atoms with Crippen molar-refractivity contribution in [3.05, 3.63) is 35.9 Å². The molecule has 1 aromatic carbocycles. The van der Waals surface area contributed by atoms with Gasteiger partial charge in [0.05, 0.1) is 26.2 Å². The number of hydrogen-bond acceptors (Lipinski definition) is 6. The third-order valence-corrected chi connectivity index (χ3v) is 3.81. The van der Waals surface area contributed by atoms with Crippen LogP contribution < -0.4 is 16.0 Å². The molecule has 9 nitrogen and oxygen atoms in total. The third kappa shape index (κ3) is 9.02. The summed E-state index contributed by atoms with van der Waals surface area (Å²) in [5.74, 6) is -0.956. The van der Waals surface area contributed by atoms with Crippen LogP contribution in [0.1, 0.15) is 31.2 Å². The van der Waals surface area contributed by atoms with Crippen molar-refractivity contribution in [1.29, 1.82) is 0 Å². The van der Waals surface area contributed by atoms with Crippen molar-refractivity contribution in [2.24, 2.45) is 0 Å². The van der Waals surface area contributed by atoms with E-state index >= 15 is 0 Å². The van der Waals surface area contributed by atoms with Crippen LogP contribution >= 0.6 is 0 Å². The number of ketones is 1. The predicted molar refractivity (Wildman–Crippen MR) is 102 cm³/mol. The number of carbonyl (C=O) groups is 4. The van der Waals surface area contributed by atoms with Gasteiger partial charge in [-0.1, -0.05) is 30.3 Å². The third-order valence-electron chi connectivity index (χ3n) is 3.81. The van der Waals surface area contributed by atoms with Gasteiger partial charge in [-0.15, -0.1) is 0 Å². The van der Waals surface area contributed by atoms with Crippen LogP contribution in [0.5, 0.6) is 0 Å². The Morgan fingerprint density at radius 2 is 1.68 bits per heavy atom. The standard InChI is InChI=1S/C19H27N3O6/c1-3-28-19(26)21-12-10-16(14-7-5-4-6-8-14)17(24)20-11-9-15(23)13-22-18(25)27-2/h4-8,16H,3,9-13H2,1-2H3,(H,20,24)(H,21,26)(H,22,25). The first kappa shape index (κ1) is 22.9. The first-order valence-electron chi connectivity index (χ1n) is 9.04. The van der Waals surface area contributed by atoms with E-state index in [1.807, 2.05) is 30.3 Å². The van der Waals surface area contributed by atoms with Crippen molar-refractivity contribution in [3.63, 3.8) is 0 Å². The number of ether oxygens (including phenoxy) is 2. The van der Waals surface area contributed by atoms with Gasteiger partial charge in [0.15, 0.2) is 5.78 Å². The lowest BCUT2D eigenvalue weighted by molar-refractivity contribution is -0.123. The fourth-order valence-electron chi connectivity index (χ4n) is 2.41. The molecule has 0 bridgehead atoms. The summed E-state index contributed by atoms with van der Waals surface area (Å²) in [4.78, 5) is 46.6. The van der Waals surface area contributed by atoms with Crippen LogP contribution in [0.15, 0.2) is 30.3 Å². The molecule has 0 aliphatic rings. The van der Waals surface area contributed by atoms with E-state index in [9.17, 15) is 19.2 Å². The van der Waals surface area contributed by atoms with Gasteiger partial charge in [0.25, 0.3) is 0 Å². The number of alkyl carbamates (subject to hydrolysis) is 2. The first-order chi connectivity index (χ1) is 13.5. The highest BCUT2D eigenvalue weighted by atomic mass is 16.5. The molecule has 0 fully saturated rings. The molecule has 0 aromatic heterocycles. The predicted octanol–water partition coefficient (Wildman–Crippen LogP) is 1.34. The number of rotatable bonds is 11. The van der Waals surface area contributed by atoms with Crippen molar-refractivity contribution in [2.45, 2.75) is 25.7 Å². The van der Waals surface area contributed by atoms with Crippen molar-refractivity contribution < 1.29 is 28.7 Å². The smallest absolute Gasteiger partial charge is 0.407 e. The van der Waals surface area contributed by atoms with Gasteiger partial charge in [0.1, 0.15) is 0 Å². The van der Waals surface area contributed by atoms with E-state index in [0.29, 0.717) is 6.42 Å². The highest BCUT2D eigenvalue weighted by molar-refractivity contribution is 5.86. The van der Waals surface area contributed by atoms with Crippen LogP contribution in [0.4, 0.5) is 9.59 Å². The molecule has 0 aliphatic heterocycles. The molecule has 0 heterocycles. The highest BCUT2D eigenvalue weighted by Crippen LogP contribution is 2.19. The number of methoxy groups -OCH3 is 1. The minimum Gasteiger partial charge on any atom is -0.453 e. The molecule has 1 rings (SSSR count). The Kier molecular flexibility index (Phi) is 10.8. The fraction of sp³-hybridized carbons (Fsp3) is 0.474. The SMILES string of the molecule is CCOC(=O)NCCC(C(=O)NCCC(=O)CNC(=O)OC)c1ccccc1. The summed E-state index contributed by atoms with van der Waals surface area (Å²) >= 11 is 0. The number of benzene rings is 1. The molecule has 0 aliphatic carbocycles. The second-order valence-electron chi connectivity index (χ2n) is 5.82. The average molecular weight is 393 g/mol. The number of Topliss-reactive ketones (excluding diaryl/α,β-unsaturated/α-hetero) is 1. The Hall–Kier alpha value is -3.10. The zero-order valence-corrected chi connectivity index (χ0v) is 16.2. The largest absolute Gasteiger partial charge is 0.453 e. The van der Waals surface area contributed by atoms with E-state index in [4.69, 9.17) is 4.74 Å². The van der Waals surface area contributed by atoms with Gasteiger partial charge in [-0.3, -0.25) is 9.59 Å². The van der Waals surface area contributed by atoms with Crippen molar-refractivity contribution >= 4 is 23.9 Å².